The van der Waals surface area contributed by atoms with Crippen molar-refractivity contribution >= 4 is 11.3 Å². The maximum Gasteiger partial charge on any atom is 0.0984 e. The average molecular weight is 168 g/mol. The Kier molecular flexibility index (Phi) is 1.92. The molecule has 0 spiro atoms. The van der Waals surface area contributed by atoms with E-state index in [-0.39, 0.29) is 0 Å². The lowest BCUT2D eigenvalue weighted by Gasteiger charge is -2.24. The molecule has 1 saturated heterocycles. The Morgan fingerprint density at radius 1 is 1.73 bits per heavy atom. The zero-order chi connectivity index (χ0) is 7.68. The molecule has 1 aliphatic heterocycles. The van der Waals surface area contributed by atoms with E-state index in [1.54, 1.807) is 0 Å². The highest BCUT2D eigenvalue weighted by Crippen LogP contribution is 2.24. The molecule has 1 N–H and O–H groups in total. The van der Waals surface area contributed by atoms with Crippen LogP contribution in [-0.4, -0.2) is 18.1 Å². The molecule has 0 aromatic carbocycles. The van der Waals surface area contributed by atoms with Gasteiger partial charge < -0.3 is 5.32 Å². The van der Waals surface area contributed by atoms with E-state index >= 15 is 0 Å². The molecular weight excluding hydrogens is 156 g/mol. The normalized spacial score (nSPS) is 18.3. The molecule has 2 rings (SSSR count). The molecule has 0 unspecified atom stereocenters. The van der Waals surface area contributed by atoms with Gasteiger partial charge in [-0.15, -0.1) is 11.3 Å². The summed E-state index contributed by atoms with van der Waals surface area (Å²) in [4.78, 5) is 5.80. The van der Waals surface area contributed by atoms with Crippen LogP contribution in [0, 0.1) is 0 Å². The van der Waals surface area contributed by atoms with Crippen LogP contribution in [0.15, 0.2) is 6.20 Å². The smallest absolute Gasteiger partial charge is 0.0984 e. The molecule has 1 aliphatic rings. The fraction of sp³-hybridized carbons (Fsp3) is 0.625. The highest BCUT2D eigenvalue weighted by atomic mass is 32.1. The lowest BCUT2D eigenvalue weighted by Crippen LogP contribution is -2.39. The number of nitrogens with zero attached hydrogens (tertiary/aromatic N) is 1. The van der Waals surface area contributed by atoms with E-state index in [9.17, 15) is 0 Å². The van der Waals surface area contributed by atoms with Gasteiger partial charge >= 0.3 is 0 Å². The van der Waals surface area contributed by atoms with E-state index in [1.165, 1.54) is 9.88 Å². The molecule has 1 aromatic rings. The SMILES string of the molecule is CCc1cnc(C2CNC2)s1. The second-order valence-corrected chi connectivity index (χ2v) is 4.02. The van der Waals surface area contributed by atoms with Gasteiger partial charge in [-0.25, -0.2) is 4.98 Å². The lowest BCUT2D eigenvalue weighted by molar-refractivity contribution is 0.447. The van der Waals surface area contributed by atoms with E-state index in [4.69, 9.17) is 0 Å². The number of thiazole rings is 1. The number of hydrogen-bond acceptors (Lipinski definition) is 3. The third-order valence-electron chi connectivity index (χ3n) is 2.05. The molecule has 2 nitrogen and oxygen atoms in total. The monoisotopic (exact) mass is 168 g/mol. The van der Waals surface area contributed by atoms with Crippen LogP contribution in [0.5, 0.6) is 0 Å². The van der Waals surface area contributed by atoms with E-state index in [2.05, 4.69) is 17.2 Å². The molecule has 60 valence electrons. The third kappa shape index (κ3) is 1.30. The van der Waals surface area contributed by atoms with Crippen LogP contribution in [0.25, 0.3) is 0 Å². The van der Waals surface area contributed by atoms with Crippen LogP contribution in [-0.2, 0) is 6.42 Å². The van der Waals surface area contributed by atoms with Crippen molar-refractivity contribution in [1.29, 1.82) is 0 Å². The van der Waals surface area contributed by atoms with Crippen molar-refractivity contribution in [3.8, 4) is 0 Å². The van der Waals surface area contributed by atoms with E-state index in [0.717, 1.165) is 19.5 Å². The van der Waals surface area contributed by atoms with Crippen molar-refractivity contribution in [1.82, 2.24) is 10.3 Å². The van der Waals surface area contributed by atoms with Crippen molar-refractivity contribution in [2.24, 2.45) is 0 Å². The van der Waals surface area contributed by atoms with E-state index < -0.39 is 0 Å². The van der Waals surface area contributed by atoms with Crippen molar-refractivity contribution in [3.05, 3.63) is 16.1 Å². The summed E-state index contributed by atoms with van der Waals surface area (Å²) in [5.74, 6) is 0.709. The summed E-state index contributed by atoms with van der Waals surface area (Å²) in [6.07, 6.45) is 3.14. The molecule has 11 heavy (non-hydrogen) atoms. The number of rotatable bonds is 2. The van der Waals surface area contributed by atoms with Crippen LogP contribution < -0.4 is 5.32 Å². The zero-order valence-corrected chi connectivity index (χ0v) is 7.45. The van der Waals surface area contributed by atoms with Crippen molar-refractivity contribution in [2.75, 3.05) is 13.1 Å². The van der Waals surface area contributed by atoms with Gasteiger partial charge in [-0.2, -0.15) is 0 Å². The van der Waals surface area contributed by atoms with Crippen LogP contribution in [0.4, 0.5) is 0 Å². The zero-order valence-electron chi connectivity index (χ0n) is 6.63. The topological polar surface area (TPSA) is 24.9 Å². The minimum absolute atomic E-state index is 0.709. The number of aryl methyl sites for hydroxylation is 1. The van der Waals surface area contributed by atoms with Gasteiger partial charge in [0, 0.05) is 30.1 Å². The highest BCUT2D eigenvalue weighted by molar-refractivity contribution is 7.11. The molecule has 0 atom stereocenters. The van der Waals surface area contributed by atoms with Crippen molar-refractivity contribution in [3.63, 3.8) is 0 Å². The largest absolute Gasteiger partial charge is 0.315 e. The van der Waals surface area contributed by atoms with E-state index in [0.29, 0.717) is 5.92 Å². The first-order valence-electron chi connectivity index (χ1n) is 4.05. The Morgan fingerprint density at radius 3 is 3.00 bits per heavy atom. The van der Waals surface area contributed by atoms with Gasteiger partial charge in [0.2, 0.25) is 0 Å². The third-order valence-corrected chi connectivity index (χ3v) is 3.35. The van der Waals surface area contributed by atoms with Crippen molar-refractivity contribution in [2.45, 2.75) is 19.3 Å². The Balaban J connectivity index is 2.11. The molecule has 0 amide bonds. The molecule has 1 fully saturated rings. The fourth-order valence-electron chi connectivity index (χ4n) is 1.14. The first-order chi connectivity index (χ1) is 5.40. The number of hydrogen-bond donors (Lipinski definition) is 1. The van der Waals surface area contributed by atoms with Gasteiger partial charge in [-0.3, -0.25) is 0 Å². The lowest BCUT2D eigenvalue weighted by atomic mass is 10.1. The standard InChI is InChI=1S/C8H12N2S/c1-2-7-5-10-8(11-7)6-3-9-4-6/h5-6,9H,2-4H2,1H3. The molecule has 0 saturated carbocycles. The number of nitrogens with one attached hydrogen (secondary N) is 1. The van der Waals surface area contributed by atoms with Crippen LogP contribution in [0.2, 0.25) is 0 Å². The summed E-state index contributed by atoms with van der Waals surface area (Å²) in [5, 5.41) is 4.57. The van der Waals surface area contributed by atoms with Gasteiger partial charge in [-0.1, -0.05) is 6.92 Å². The predicted octanol–water partition coefficient (Wildman–Crippen LogP) is 1.39. The number of aromatic nitrogens is 1. The summed E-state index contributed by atoms with van der Waals surface area (Å²) in [5.41, 5.74) is 0. The predicted molar refractivity (Wildman–Crippen MR) is 47.1 cm³/mol. The summed E-state index contributed by atoms with van der Waals surface area (Å²) in [7, 11) is 0. The maximum atomic E-state index is 4.39. The van der Waals surface area contributed by atoms with Gasteiger partial charge in [0.15, 0.2) is 0 Å². The minimum Gasteiger partial charge on any atom is -0.315 e. The highest BCUT2D eigenvalue weighted by Gasteiger charge is 2.21. The maximum absolute atomic E-state index is 4.39. The van der Waals surface area contributed by atoms with Crippen molar-refractivity contribution < 1.29 is 0 Å². The minimum atomic E-state index is 0.709. The quantitative estimate of drug-likeness (QED) is 0.722. The van der Waals surface area contributed by atoms with Gasteiger partial charge in [-0.05, 0) is 6.42 Å². The Bertz CT molecular complexity index is 240. The Morgan fingerprint density at radius 2 is 2.55 bits per heavy atom. The first-order valence-corrected chi connectivity index (χ1v) is 4.87. The van der Waals surface area contributed by atoms with Gasteiger partial charge in [0.05, 0.1) is 5.01 Å². The molecule has 3 heteroatoms. The Labute approximate surface area is 70.7 Å². The molecule has 1 aromatic heterocycles. The van der Waals surface area contributed by atoms with Crippen LogP contribution in [0.3, 0.4) is 0 Å². The summed E-state index contributed by atoms with van der Waals surface area (Å²) in [6, 6.07) is 0. The first kappa shape index (κ1) is 7.25. The summed E-state index contributed by atoms with van der Waals surface area (Å²) >= 11 is 1.87. The van der Waals surface area contributed by atoms with Crippen LogP contribution in [0.1, 0.15) is 22.7 Å². The van der Waals surface area contributed by atoms with Crippen LogP contribution >= 0.6 is 11.3 Å². The van der Waals surface area contributed by atoms with Gasteiger partial charge in [0.1, 0.15) is 0 Å². The molecule has 0 bridgehead atoms. The molecular formula is C8H12N2S. The molecule has 2 heterocycles. The summed E-state index contributed by atoms with van der Waals surface area (Å²) in [6.45, 7) is 4.42. The fourth-order valence-corrected chi connectivity index (χ4v) is 2.10. The summed E-state index contributed by atoms with van der Waals surface area (Å²) < 4.78 is 0. The second kappa shape index (κ2) is 2.91. The Hall–Kier alpha value is -0.410. The average Bonchev–Trinajstić information content (AvgIpc) is 2.32. The van der Waals surface area contributed by atoms with E-state index in [1.807, 2.05) is 17.5 Å². The molecule has 0 aliphatic carbocycles. The van der Waals surface area contributed by atoms with Gasteiger partial charge in [0.25, 0.3) is 0 Å². The second-order valence-electron chi connectivity index (χ2n) is 2.87. The molecule has 0 radical (unpaired) electrons.